The van der Waals surface area contributed by atoms with Crippen molar-refractivity contribution < 1.29 is 19.5 Å². The highest BCUT2D eigenvalue weighted by Crippen LogP contribution is 2.24. The average Bonchev–Trinajstić information content (AvgIpc) is 3.07. The molecule has 142 valence electrons. The maximum absolute atomic E-state index is 12.7. The SMILES string of the molecule is CCN(C(=O)c1cc(NC(=O)N2CCC(C(=O)O)C2)ccc1Cl)C(C)C. The van der Waals surface area contributed by atoms with E-state index in [0.717, 1.165) is 0 Å². The van der Waals surface area contributed by atoms with Crippen molar-refractivity contribution in [3.05, 3.63) is 28.8 Å². The molecule has 3 amide bonds. The van der Waals surface area contributed by atoms with Crippen molar-refractivity contribution in [1.82, 2.24) is 9.80 Å². The fraction of sp³-hybridized carbons (Fsp3) is 0.500. The number of aliphatic carboxylic acids is 1. The highest BCUT2D eigenvalue weighted by Gasteiger charge is 2.31. The van der Waals surface area contributed by atoms with Gasteiger partial charge in [0.15, 0.2) is 0 Å². The molecule has 2 rings (SSSR count). The maximum atomic E-state index is 12.7. The van der Waals surface area contributed by atoms with Crippen molar-refractivity contribution in [3.63, 3.8) is 0 Å². The molecule has 1 aliphatic rings. The average molecular weight is 382 g/mol. The molecule has 1 atom stereocenters. The number of nitrogens with zero attached hydrogens (tertiary/aromatic N) is 2. The Morgan fingerprint density at radius 1 is 1.38 bits per heavy atom. The highest BCUT2D eigenvalue weighted by atomic mass is 35.5. The number of benzene rings is 1. The molecule has 0 bridgehead atoms. The quantitative estimate of drug-likeness (QED) is 0.819. The van der Waals surface area contributed by atoms with Gasteiger partial charge in [-0.05, 0) is 45.4 Å². The summed E-state index contributed by atoms with van der Waals surface area (Å²) < 4.78 is 0. The number of halogens is 1. The number of carboxylic acid groups (broad SMARTS) is 1. The summed E-state index contributed by atoms with van der Waals surface area (Å²) >= 11 is 6.18. The Kier molecular flexibility index (Phi) is 6.47. The Labute approximate surface area is 157 Å². The number of likely N-dealkylation sites (tertiary alicyclic amines) is 1. The van der Waals surface area contributed by atoms with Crippen LogP contribution in [0.5, 0.6) is 0 Å². The molecule has 0 aliphatic carbocycles. The molecule has 1 fully saturated rings. The molecule has 1 aromatic carbocycles. The third kappa shape index (κ3) is 4.46. The van der Waals surface area contributed by atoms with Crippen molar-refractivity contribution >= 4 is 35.2 Å². The minimum absolute atomic E-state index is 0.0272. The van der Waals surface area contributed by atoms with Gasteiger partial charge < -0.3 is 20.2 Å². The van der Waals surface area contributed by atoms with Gasteiger partial charge >= 0.3 is 12.0 Å². The number of carbonyl (C=O) groups is 3. The van der Waals surface area contributed by atoms with E-state index >= 15 is 0 Å². The van der Waals surface area contributed by atoms with E-state index in [1.54, 1.807) is 23.1 Å². The topological polar surface area (TPSA) is 90.0 Å². The Morgan fingerprint density at radius 3 is 2.62 bits per heavy atom. The van der Waals surface area contributed by atoms with Crippen molar-refractivity contribution in [2.75, 3.05) is 25.0 Å². The summed E-state index contributed by atoms with van der Waals surface area (Å²) in [5.74, 6) is -1.63. The first-order valence-corrected chi connectivity index (χ1v) is 9.01. The molecule has 0 aromatic heterocycles. The number of carboxylic acids is 1. The molecule has 1 unspecified atom stereocenters. The predicted octanol–water partition coefficient (Wildman–Crippen LogP) is 3.15. The Balaban J connectivity index is 2.13. The van der Waals surface area contributed by atoms with Crippen LogP contribution < -0.4 is 5.32 Å². The third-order valence-corrected chi connectivity index (χ3v) is 4.83. The van der Waals surface area contributed by atoms with Crippen LogP contribution in [0.4, 0.5) is 10.5 Å². The molecule has 0 saturated carbocycles. The summed E-state index contributed by atoms with van der Waals surface area (Å²) in [6, 6.07) is 4.39. The van der Waals surface area contributed by atoms with Gasteiger partial charge in [-0.1, -0.05) is 11.6 Å². The van der Waals surface area contributed by atoms with Crippen molar-refractivity contribution in [2.45, 2.75) is 33.2 Å². The van der Waals surface area contributed by atoms with Crippen LogP contribution in [0.3, 0.4) is 0 Å². The minimum Gasteiger partial charge on any atom is -0.481 e. The largest absolute Gasteiger partial charge is 0.481 e. The van der Waals surface area contributed by atoms with Gasteiger partial charge in [0.05, 0.1) is 16.5 Å². The lowest BCUT2D eigenvalue weighted by atomic mass is 10.1. The second kappa shape index (κ2) is 8.40. The molecule has 0 spiro atoms. The second-order valence-electron chi connectivity index (χ2n) is 6.58. The Bertz CT molecular complexity index is 708. The van der Waals surface area contributed by atoms with Crippen LogP contribution in [-0.2, 0) is 4.79 Å². The number of nitrogens with one attached hydrogen (secondary N) is 1. The normalized spacial score (nSPS) is 16.7. The van der Waals surface area contributed by atoms with E-state index in [0.29, 0.717) is 35.8 Å². The molecule has 0 radical (unpaired) electrons. The van der Waals surface area contributed by atoms with E-state index in [1.807, 2.05) is 20.8 Å². The first kappa shape index (κ1) is 20.0. The van der Waals surface area contributed by atoms with Crippen molar-refractivity contribution in [3.8, 4) is 0 Å². The Hall–Kier alpha value is -2.28. The molecule has 1 heterocycles. The van der Waals surface area contributed by atoms with Gasteiger partial charge in [0, 0.05) is 31.4 Å². The number of rotatable bonds is 5. The van der Waals surface area contributed by atoms with Gasteiger partial charge in [-0.25, -0.2) is 4.79 Å². The van der Waals surface area contributed by atoms with Gasteiger partial charge in [-0.2, -0.15) is 0 Å². The Morgan fingerprint density at radius 2 is 2.08 bits per heavy atom. The molecule has 1 aliphatic heterocycles. The highest BCUT2D eigenvalue weighted by molar-refractivity contribution is 6.34. The molecule has 7 nitrogen and oxygen atoms in total. The lowest BCUT2D eigenvalue weighted by molar-refractivity contribution is -0.141. The summed E-state index contributed by atoms with van der Waals surface area (Å²) in [5, 5.41) is 12.1. The van der Waals surface area contributed by atoms with E-state index in [9.17, 15) is 14.4 Å². The van der Waals surface area contributed by atoms with Gasteiger partial charge in [-0.3, -0.25) is 9.59 Å². The molecule has 2 N–H and O–H groups in total. The molecular weight excluding hydrogens is 358 g/mol. The van der Waals surface area contributed by atoms with Crippen LogP contribution >= 0.6 is 11.6 Å². The van der Waals surface area contributed by atoms with Crippen LogP contribution in [0.2, 0.25) is 5.02 Å². The lowest BCUT2D eigenvalue weighted by Crippen LogP contribution is -2.37. The van der Waals surface area contributed by atoms with E-state index in [2.05, 4.69) is 5.32 Å². The molecular formula is C18H24ClN3O4. The van der Waals surface area contributed by atoms with Crippen LogP contribution in [-0.4, -0.2) is 58.5 Å². The fourth-order valence-electron chi connectivity index (χ4n) is 3.01. The monoisotopic (exact) mass is 381 g/mol. The molecule has 8 heteroatoms. The first-order chi connectivity index (χ1) is 12.2. The smallest absolute Gasteiger partial charge is 0.321 e. The minimum atomic E-state index is -0.895. The molecule has 1 aromatic rings. The van der Waals surface area contributed by atoms with Gasteiger partial charge in [0.2, 0.25) is 0 Å². The number of amides is 3. The standard InChI is InChI=1S/C18H24ClN3O4/c1-4-22(11(2)3)16(23)14-9-13(5-6-15(14)19)20-18(26)21-8-7-12(10-21)17(24)25/h5-6,9,11-12H,4,7-8,10H2,1-3H3,(H,20,26)(H,24,25). The zero-order chi connectivity index (χ0) is 19.4. The zero-order valence-corrected chi connectivity index (χ0v) is 15.9. The summed E-state index contributed by atoms with van der Waals surface area (Å²) in [6.45, 7) is 6.86. The van der Waals surface area contributed by atoms with E-state index in [-0.39, 0.29) is 24.5 Å². The lowest BCUT2D eigenvalue weighted by Gasteiger charge is -2.26. The van der Waals surface area contributed by atoms with E-state index < -0.39 is 11.9 Å². The first-order valence-electron chi connectivity index (χ1n) is 8.63. The van der Waals surface area contributed by atoms with Crippen LogP contribution in [0.15, 0.2) is 18.2 Å². The fourth-order valence-corrected chi connectivity index (χ4v) is 3.21. The van der Waals surface area contributed by atoms with Gasteiger partial charge in [0.1, 0.15) is 0 Å². The third-order valence-electron chi connectivity index (χ3n) is 4.50. The zero-order valence-electron chi connectivity index (χ0n) is 15.2. The van der Waals surface area contributed by atoms with Crippen molar-refractivity contribution in [1.29, 1.82) is 0 Å². The summed E-state index contributed by atoms with van der Waals surface area (Å²) in [5.41, 5.74) is 0.770. The molecule has 1 saturated heterocycles. The van der Waals surface area contributed by atoms with E-state index in [4.69, 9.17) is 16.7 Å². The summed E-state index contributed by atoms with van der Waals surface area (Å²) in [6.07, 6.45) is 0.437. The summed E-state index contributed by atoms with van der Waals surface area (Å²) in [7, 11) is 0. The predicted molar refractivity (Wildman–Crippen MR) is 99.6 cm³/mol. The van der Waals surface area contributed by atoms with Gasteiger partial charge in [0.25, 0.3) is 5.91 Å². The van der Waals surface area contributed by atoms with Crippen LogP contribution in [0.1, 0.15) is 37.6 Å². The number of urea groups is 1. The number of hydrogen-bond acceptors (Lipinski definition) is 3. The van der Waals surface area contributed by atoms with E-state index in [1.165, 1.54) is 4.90 Å². The second-order valence-corrected chi connectivity index (χ2v) is 6.99. The van der Waals surface area contributed by atoms with Gasteiger partial charge in [-0.15, -0.1) is 0 Å². The summed E-state index contributed by atoms with van der Waals surface area (Å²) in [4.78, 5) is 39.2. The van der Waals surface area contributed by atoms with Crippen LogP contribution in [0.25, 0.3) is 0 Å². The number of carbonyl (C=O) groups excluding carboxylic acids is 2. The number of hydrogen-bond donors (Lipinski definition) is 2. The maximum Gasteiger partial charge on any atom is 0.321 e. The molecule has 26 heavy (non-hydrogen) atoms. The van der Waals surface area contributed by atoms with Crippen LogP contribution in [0, 0.1) is 5.92 Å². The van der Waals surface area contributed by atoms with Crippen molar-refractivity contribution in [2.24, 2.45) is 5.92 Å². The number of anilines is 1.